The summed E-state index contributed by atoms with van der Waals surface area (Å²) in [5, 5.41) is 7.11. The average molecular weight is 425 g/mol. The molecule has 0 saturated carbocycles. The predicted octanol–water partition coefficient (Wildman–Crippen LogP) is 2.99. The number of nitrogens with zero attached hydrogens (tertiary/aromatic N) is 2. The summed E-state index contributed by atoms with van der Waals surface area (Å²) in [6, 6.07) is 15.7. The van der Waals surface area contributed by atoms with Gasteiger partial charge in [-0.2, -0.15) is 5.10 Å². The largest absolute Gasteiger partial charge is 0.497 e. The Kier molecular flexibility index (Phi) is 6.69. The third-order valence-electron chi connectivity index (χ3n) is 4.74. The van der Waals surface area contributed by atoms with Crippen molar-refractivity contribution in [3.8, 4) is 22.8 Å². The number of hydrogen-bond acceptors (Lipinski definition) is 5. The van der Waals surface area contributed by atoms with Gasteiger partial charge in [0.15, 0.2) is 0 Å². The number of benzene rings is 2. The van der Waals surface area contributed by atoms with Crippen LogP contribution >= 0.6 is 0 Å². The number of halogens is 1. The van der Waals surface area contributed by atoms with E-state index < -0.39 is 11.1 Å². The van der Waals surface area contributed by atoms with Crippen LogP contribution in [-0.4, -0.2) is 35.9 Å². The van der Waals surface area contributed by atoms with Gasteiger partial charge in [0, 0.05) is 11.6 Å². The van der Waals surface area contributed by atoms with Crippen molar-refractivity contribution in [3.05, 3.63) is 76.8 Å². The van der Waals surface area contributed by atoms with Crippen LogP contribution < -0.4 is 20.3 Å². The first-order chi connectivity index (χ1) is 14.8. The molecule has 0 saturated heterocycles. The number of amides is 1. The summed E-state index contributed by atoms with van der Waals surface area (Å²) in [5.74, 6) is 0.632. The average Bonchev–Trinajstić information content (AvgIpc) is 2.77. The van der Waals surface area contributed by atoms with Crippen molar-refractivity contribution in [1.29, 1.82) is 0 Å². The third-order valence-corrected chi connectivity index (χ3v) is 4.74. The maximum absolute atomic E-state index is 13.2. The summed E-state index contributed by atoms with van der Waals surface area (Å²) >= 11 is 0. The quantitative estimate of drug-likeness (QED) is 0.561. The molecule has 1 amide bonds. The first-order valence-electron chi connectivity index (χ1n) is 9.73. The van der Waals surface area contributed by atoms with Crippen molar-refractivity contribution in [1.82, 2.24) is 15.1 Å². The van der Waals surface area contributed by atoms with E-state index >= 15 is 0 Å². The van der Waals surface area contributed by atoms with E-state index in [0.717, 1.165) is 10.4 Å². The van der Waals surface area contributed by atoms with E-state index in [1.165, 1.54) is 18.2 Å². The third kappa shape index (κ3) is 5.28. The van der Waals surface area contributed by atoms with Crippen LogP contribution in [0.15, 0.2) is 65.5 Å². The molecule has 3 aromatic rings. The Labute approximate surface area is 179 Å². The van der Waals surface area contributed by atoms with Crippen LogP contribution in [0.1, 0.15) is 13.8 Å². The Bertz CT molecular complexity index is 1090. The molecule has 0 unspecified atom stereocenters. The molecule has 2 aromatic carbocycles. The highest BCUT2D eigenvalue weighted by molar-refractivity contribution is 5.83. The zero-order valence-corrected chi connectivity index (χ0v) is 17.6. The lowest BCUT2D eigenvalue weighted by Crippen LogP contribution is -2.50. The summed E-state index contributed by atoms with van der Waals surface area (Å²) in [6.45, 7) is 3.72. The SMILES string of the molecule is COc1ccc(OCCNC(=O)C(C)(C)n2nc(-c3ccc(F)cc3)ccc2=O)cc1. The lowest BCUT2D eigenvalue weighted by molar-refractivity contribution is -0.129. The number of carbonyl (C=O) groups is 1. The van der Waals surface area contributed by atoms with Gasteiger partial charge in [-0.3, -0.25) is 9.59 Å². The van der Waals surface area contributed by atoms with E-state index in [-0.39, 0.29) is 24.9 Å². The summed E-state index contributed by atoms with van der Waals surface area (Å²) in [4.78, 5) is 25.2. The molecule has 8 heteroatoms. The van der Waals surface area contributed by atoms with Gasteiger partial charge < -0.3 is 14.8 Å². The lowest BCUT2D eigenvalue weighted by atomic mass is 10.0. The van der Waals surface area contributed by atoms with E-state index in [4.69, 9.17) is 9.47 Å². The number of aromatic nitrogens is 2. The van der Waals surface area contributed by atoms with Crippen LogP contribution in [0.5, 0.6) is 11.5 Å². The van der Waals surface area contributed by atoms with Crippen molar-refractivity contribution in [2.24, 2.45) is 0 Å². The van der Waals surface area contributed by atoms with E-state index in [2.05, 4.69) is 10.4 Å². The number of carbonyl (C=O) groups excluding carboxylic acids is 1. The molecular formula is C23H24FN3O4. The molecule has 0 spiro atoms. The summed E-state index contributed by atoms with van der Waals surface area (Å²) < 4.78 is 25.0. The second kappa shape index (κ2) is 9.42. The fourth-order valence-corrected chi connectivity index (χ4v) is 2.90. The van der Waals surface area contributed by atoms with Gasteiger partial charge >= 0.3 is 0 Å². The highest BCUT2D eigenvalue weighted by Gasteiger charge is 2.32. The van der Waals surface area contributed by atoms with Gasteiger partial charge in [0.1, 0.15) is 29.5 Å². The second-order valence-corrected chi connectivity index (χ2v) is 7.31. The minimum atomic E-state index is -1.24. The van der Waals surface area contributed by atoms with Gasteiger partial charge in [-0.25, -0.2) is 9.07 Å². The van der Waals surface area contributed by atoms with Gasteiger partial charge in [-0.05, 0) is 68.4 Å². The minimum absolute atomic E-state index is 0.251. The Morgan fingerprint density at radius 1 is 1.03 bits per heavy atom. The van der Waals surface area contributed by atoms with Crippen LogP contribution in [0.3, 0.4) is 0 Å². The smallest absolute Gasteiger partial charge is 0.267 e. The highest BCUT2D eigenvalue weighted by atomic mass is 19.1. The number of ether oxygens (including phenoxy) is 2. The minimum Gasteiger partial charge on any atom is -0.497 e. The maximum atomic E-state index is 13.2. The van der Waals surface area contributed by atoms with Gasteiger partial charge in [0.05, 0.1) is 19.3 Å². The molecule has 0 fully saturated rings. The van der Waals surface area contributed by atoms with Gasteiger partial charge in [-0.1, -0.05) is 0 Å². The molecule has 0 aliphatic carbocycles. The fraction of sp³-hybridized carbons (Fsp3) is 0.261. The van der Waals surface area contributed by atoms with Gasteiger partial charge in [0.25, 0.3) is 5.56 Å². The summed E-state index contributed by atoms with van der Waals surface area (Å²) in [6.07, 6.45) is 0. The molecule has 162 valence electrons. The van der Waals surface area contributed by atoms with Crippen molar-refractivity contribution in [3.63, 3.8) is 0 Å². The van der Waals surface area contributed by atoms with Crippen LogP contribution in [-0.2, 0) is 10.3 Å². The summed E-state index contributed by atoms with van der Waals surface area (Å²) in [7, 11) is 1.59. The van der Waals surface area contributed by atoms with Crippen molar-refractivity contribution >= 4 is 5.91 Å². The van der Waals surface area contributed by atoms with Crippen LogP contribution in [0, 0.1) is 5.82 Å². The van der Waals surface area contributed by atoms with Crippen molar-refractivity contribution < 1.29 is 18.7 Å². The molecule has 1 aromatic heterocycles. The Morgan fingerprint density at radius 2 is 1.68 bits per heavy atom. The lowest BCUT2D eigenvalue weighted by Gasteiger charge is -2.25. The molecular weight excluding hydrogens is 401 g/mol. The highest BCUT2D eigenvalue weighted by Crippen LogP contribution is 2.19. The van der Waals surface area contributed by atoms with Crippen LogP contribution in [0.25, 0.3) is 11.3 Å². The molecule has 3 rings (SSSR count). The number of nitrogens with one attached hydrogen (secondary N) is 1. The normalized spacial score (nSPS) is 11.1. The van der Waals surface area contributed by atoms with Crippen molar-refractivity contribution in [2.75, 3.05) is 20.3 Å². The molecule has 31 heavy (non-hydrogen) atoms. The Morgan fingerprint density at radius 3 is 2.32 bits per heavy atom. The molecule has 0 bridgehead atoms. The summed E-state index contributed by atoms with van der Waals surface area (Å²) in [5.41, 5.74) is -0.559. The topological polar surface area (TPSA) is 82.4 Å². The second-order valence-electron chi connectivity index (χ2n) is 7.31. The van der Waals surface area contributed by atoms with Gasteiger partial charge in [0.2, 0.25) is 5.91 Å². The number of rotatable bonds is 8. The molecule has 1 heterocycles. The molecule has 7 nitrogen and oxygen atoms in total. The molecule has 0 atom stereocenters. The molecule has 1 N–H and O–H groups in total. The van der Waals surface area contributed by atoms with Gasteiger partial charge in [-0.15, -0.1) is 0 Å². The molecule has 0 aliphatic rings. The van der Waals surface area contributed by atoms with E-state index in [0.29, 0.717) is 17.0 Å². The number of methoxy groups -OCH3 is 1. The first-order valence-corrected chi connectivity index (χ1v) is 9.73. The Balaban J connectivity index is 1.65. The zero-order chi connectivity index (χ0) is 22.4. The van der Waals surface area contributed by atoms with Crippen LogP contribution in [0.2, 0.25) is 0 Å². The predicted molar refractivity (Wildman–Crippen MR) is 115 cm³/mol. The van der Waals surface area contributed by atoms with E-state index in [1.54, 1.807) is 63.4 Å². The van der Waals surface area contributed by atoms with E-state index in [9.17, 15) is 14.0 Å². The Hall–Kier alpha value is -3.68. The van der Waals surface area contributed by atoms with Crippen LogP contribution in [0.4, 0.5) is 4.39 Å². The van der Waals surface area contributed by atoms with E-state index in [1.807, 2.05) is 0 Å². The fourth-order valence-electron chi connectivity index (χ4n) is 2.90. The molecule has 0 aliphatic heterocycles. The number of hydrogen-bond donors (Lipinski definition) is 1. The van der Waals surface area contributed by atoms with Crippen molar-refractivity contribution in [2.45, 2.75) is 19.4 Å². The molecule has 0 radical (unpaired) electrons. The maximum Gasteiger partial charge on any atom is 0.267 e. The zero-order valence-electron chi connectivity index (χ0n) is 17.6. The first kappa shape index (κ1) is 22.0. The monoisotopic (exact) mass is 425 g/mol. The standard InChI is InChI=1S/C23H24FN3O4/c1-23(2,22(29)25-14-15-31-19-10-8-18(30-3)9-11-19)27-21(28)13-12-20(26-27)16-4-6-17(24)7-5-16/h4-13H,14-15H2,1-3H3,(H,25,29).